The van der Waals surface area contributed by atoms with Crippen LogP contribution in [0.2, 0.25) is 0 Å². The highest BCUT2D eigenvalue weighted by molar-refractivity contribution is 7.10. The SMILES string of the molecule is CC(C)C(NC(=O)c1ccc(-n2cncn2)cc1)c1cccs1. The van der Waals surface area contributed by atoms with Crippen molar-refractivity contribution in [2.24, 2.45) is 5.92 Å². The molecular weight excluding hydrogens is 308 g/mol. The van der Waals surface area contributed by atoms with Crippen LogP contribution in [-0.2, 0) is 0 Å². The highest BCUT2D eigenvalue weighted by atomic mass is 32.1. The molecule has 1 N–H and O–H groups in total. The van der Waals surface area contributed by atoms with Gasteiger partial charge in [0.2, 0.25) is 0 Å². The molecule has 1 atom stereocenters. The number of benzene rings is 1. The van der Waals surface area contributed by atoms with E-state index < -0.39 is 0 Å². The smallest absolute Gasteiger partial charge is 0.251 e. The van der Waals surface area contributed by atoms with E-state index in [2.05, 4.69) is 35.3 Å². The van der Waals surface area contributed by atoms with E-state index >= 15 is 0 Å². The molecule has 0 saturated carbocycles. The van der Waals surface area contributed by atoms with E-state index in [-0.39, 0.29) is 11.9 Å². The van der Waals surface area contributed by atoms with Gasteiger partial charge < -0.3 is 5.32 Å². The second-order valence-electron chi connectivity index (χ2n) is 5.60. The maximum absolute atomic E-state index is 12.5. The number of amides is 1. The zero-order chi connectivity index (χ0) is 16.2. The lowest BCUT2D eigenvalue weighted by Gasteiger charge is -2.21. The molecular formula is C17H18N4OS. The van der Waals surface area contributed by atoms with Crippen molar-refractivity contribution in [2.75, 3.05) is 0 Å². The Morgan fingerprint density at radius 1 is 1.22 bits per heavy atom. The highest BCUT2D eigenvalue weighted by Gasteiger charge is 2.20. The molecule has 1 amide bonds. The van der Waals surface area contributed by atoms with Crippen LogP contribution in [0.1, 0.15) is 35.1 Å². The van der Waals surface area contributed by atoms with Gasteiger partial charge in [-0.2, -0.15) is 5.10 Å². The van der Waals surface area contributed by atoms with Crippen molar-refractivity contribution in [1.29, 1.82) is 0 Å². The summed E-state index contributed by atoms with van der Waals surface area (Å²) in [4.78, 5) is 17.6. The molecule has 5 nitrogen and oxygen atoms in total. The largest absolute Gasteiger partial charge is 0.344 e. The Morgan fingerprint density at radius 3 is 2.57 bits per heavy atom. The Labute approximate surface area is 139 Å². The molecule has 0 fully saturated rings. The van der Waals surface area contributed by atoms with Crippen molar-refractivity contribution < 1.29 is 4.79 Å². The first-order chi connectivity index (χ1) is 11.1. The second-order valence-corrected chi connectivity index (χ2v) is 6.58. The van der Waals surface area contributed by atoms with Gasteiger partial charge in [-0.3, -0.25) is 4.79 Å². The number of rotatable bonds is 5. The van der Waals surface area contributed by atoms with Gasteiger partial charge in [-0.1, -0.05) is 19.9 Å². The van der Waals surface area contributed by atoms with E-state index in [1.165, 1.54) is 11.2 Å². The van der Waals surface area contributed by atoms with Crippen LogP contribution in [0.15, 0.2) is 54.4 Å². The van der Waals surface area contributed by atoms with Crippen LogP contribution >= 0.6 is 11.3 Å². The summed E-state index contributed by atoms with van der Waals surface area (Å²) in [5, 5.41) is 9.23. The molecule has 0 radical (unpaired) electrons. The molecule has 3 aromatic rings. The molecule has 3 rings (SSSR count). The van der Waals surface area contributed by atoms with Gasteiger partial charge in [0.15, 0.2) is 0 Å². The van der Waals surface area contributed by atoms with E-state index in [1.807, 2.05) is 23.6 Å². The van der Waals surface area contributed by atoms with Gasteiger partial charge in [0.05, 0.1) is 11.7 Å². The quantitative estimate of drug-likeness (QED) is 0.781. The minimum absolute atomic E-state index is 0.0255. The number of aromatic nitrogens is 3. The molecule has 0 aliphatic heterocycles. The van der Waals surface area contributed by atoms with Crippen LogP contribution in [0.25, 0.3) is 5.69 Å². The fourth-order valence-electron chi connectivity index (χ4n) is 2.37. The molecule has 0 spiro atoms. The summed E-state index contributed by atoms with van der Waals surface area (Å²) in [5.41, 5.74) is 1.51. The fourth-order valence-corrected chi connectivity index (χ4v) is 3.32. The summed E-state index contributed by atoms with van der Waals surface area (Å²) in [6.07, 6.45) is 3.11. The van der Waals surface area contributed by atoms with Gasteiger partial charge in [0.25, 0.3) is 5.91 Å². The number of thiophene rings is 1. The number of nitrogens with one attached hydrogen (secondary N) is 1. The van der Waals surface area contributed by atoms with Gasteiger partial charge >= 0.3 is 0 Å². The summed E-state index contributed by atoms with van der Waals surface area (Å²) >= 11 is 1.66. The lowest BCUT2D eigenvalue weighted by atomic mass is 10.0. The molecule has 1 unspecified atom stereocenters. The molecule has 23 heavy (non-hydrogen) atoms. The molecule has 0 aliphatic carbocycles. The molecule has 2 heterocycles. The normalized spacial score (nSPS) is 12.3. The Morgan fingerprint density at radius 2 is 2.00 bits per heavy atom. The van der Waals surface area contributed by atoms with Crippen LogP contribution in [0, 0.1) is 5.92 Å². The zero-order valence-corrected chi connectivity index (χ0v) is 13.8. The van der Waals surface area contributed by atoms with Gasteiger partial charge in [-0.15, -0.1) is 11.3 Å². The number of nitrogens with zero attached hydrogens (tertiary/aromatic N) is 3. The van der Waals surface area contributed by atoms with Crippen molar-refractivity contribution in [3.8, 4) is 5.69 Å². The van der Waals surface area contributed by atoms with Crippen molar-refractivity contribution in [1.82, 2.24) is 20.1 Å². The van der Waals surface area contributed by atoms with Crippen molar-refractivity contribution in [3.63, 3.8) is 0 Å². The predicted octanol–water partition coefficient (Wildman–Crippen LogP) is 3.46. The number of carbonyl (C=O) groups excluding carboxylic acids is 1. The minimum atomic E-state index is -0.0674. The summed E-state index contributed by atoms with van der Waals surface area (Å²) in [6.45, 7) is 4.22. The average Bonchev–Trinajstić information content (AvgIpc) is 3.25. The Bertz CT molecular complexity index is 749. The fraction of sp³-hybridized carbons (Fsp3) is 0.235. The van der Waals surface area contributed by atoms with Gasteiger partial charge in [-0.05, 0) is 41.6 Å². The van der Waals surface area contributed by atoms with Crippen LogP contribution in [0.4, 0.5) is 0 Å². The average molecular weight is 326 g/mol. The lowest BCUT2D eigenvalue weighted by molar-refractivity contribution is 0.0926. The van der Waals surface area contributed by atoms with E-state index in [4.69, 9.17) is 0 Å². The summed E-state index contributed by atoms with van der Waals surface area (Å²) in [7, 11) is 0. The van der Waals surface area contributed by atoms with Crippen molar-refractivity contribution in [3.05, 3.63) is 64.9 Å². The Balaban J connectivity index is 1.75. The first-order valence-electron chi connectivity index (χ1n) is 7.44. The highest BCUT2D eigenvalue weighted by Crippen LogP contribution is 2.26. The van der Waals surface area contributed by atoms with E-state index in [0.717, 1.165) is 5.69 Å². The number of hydrogen-bond acceptors (Lipinski definition) is 4. The molecule has 0 aliphatic rings. The third kappa shape index (κ3) is 3.48. The van der Waals surface area contributed by atoms with Crippen LogP contribution in [0.5, 0.6) is 0 Å². The Kier molecular flexibility index (Phi) is 4.52. The molecule has 1 aromatic carbocycles. The van der Waals surface area contributed by atoms with Crippen molar-refractivity contribution in [2.45, 2.75) is 19.9 Å². The first-order valence-corrected chi connectivity index (χ1v) is 8.32. The first kappa shape index (κ1) is 15.4. The van der Waals surface area contributed by atoms with Gasteiger partial charge in [0.1, 0.15) is 12.7 Å². The van der Waals surface area contributed by atoms with Crippen LogP contribution in [0.3, 0.4) is 0 Å². The third-order valence-corrected chi connectivity index (χ3v) is 4.57. The van der Waals surface area contributed by atoms with Crippen LogP contribution < -0.4 is 5.32 Å². The van der Waals surface area contributed by atoms with E-state index in [1.54, 1.807) is 34.5 Å². The molecule has 2 aromatic heterocycles. The molecule has 118 valence electrons. The third-order valence-electron chi connectivity index (χ3n) is 3.62. The number of carbonyl (C=O) groups is 1. The summed E-state index contributed by atoms with van der Waals surface area (Å²) in [6, 6.07) is 11.4. The maximum atomic E-state index is 12.5. The van der Waals surface area contributed by atoms with E-state index in [9.17, 15) is 4.79 Å². The maximum Gasteiger partial charge on any atom is 0.251 e. The predicted molar refractivity (Wildman–Crippen MR) is 90.7 cm³/mol. The monoisotopic (exact) mass is 326 g/mol. The van der Waals surface area contributed by atoms with Gasteiger partial charge in [0, 0.05) is 10.4 Å². The van der Waals surface area contributed by atoms with Crippen molar-refractivity contribution >= 4 is 17.2 Å². The summed E-state index contributed by atoms with van der Waals surface area (Å²) in [5.74, 6) is 0.259. The van der Waals surface area contributed by atoms with Crippen LogP contribution in [-0.4, -0.2) is 20.7 Å². The minimum Gasteiger partial charge on any atom is -0.344 e. The topological polar surface area (TPSA) is 59.8 Å². The number of hydrogen-bond donors (Lipinski definition) is 1. The lowest BCUT2D eigenvalue weighted by Crippen LogP contribution is -2.31. The standard InChI is InChI=1S/C17H18N4OS/c1-12(2)16(15-4-3-9-23-15)20-17(22)13-5-7-14(8-6-13)21-11-18-10-19-21/h3-12,16H,1-2H3,(H,20,22). The van der Waals surface area contributed by atoms with E-state index in [0.29, 0.717) is 11.5 Å². The molecule has 0 saturated heterocycles. The Hall–Kier alpha value is -2.47. The molecule has 6 heteroatoms. The van der Waals surface area contributed by atoms with Gasteiger partial charge in [-0.25, -0.2) is 9.67 Å². The zero-order valence-electron chi connectivity index (χ0n) is 13.0. The summed E-state index contributed by atoms with van der Waals surface area (Å²) < 4.78 is 1.66. The molecule has 0 bridgehead atoms. The second kappa shape index (κ2) is 6.75.